The third kappa shape index (κ3) is 6.46. The van der Waals surface area contributed by atoms with E-state index in [1.807, 2.05) is 54.8 Å². The molecule has 1 atom stereocenters. The van der Waals surface area contributed by atoms with Crippen LogP contribution in [0.3, 0.4) is 0 Å². The van der Waals surface area contributed by atoms with Crippen molar-refractivity contribution >= 4 is 40.6 Å². The number of carbonyl (C=O) groups excluding carboxylic acids is 2. The lowest BCUT2D eigenvalue weighted by molar-refractivity contribution is -0.122. The Morgan fingerprint density at radius 3 is 2.45 bits per heavy atom. The van der Waals surface area contributed by atoms with E-state index in [1.165, 1.54) is 0 Å². The summed E-state index contributed by atoms with van der Waals surface area (Å²) in [5, 5.41) is 5.86. The van der Waals surface area contributed by atoms with Gasteiger partial charge in [-0.3, -0.25) is 14.5 Å². The van der Waals surface area contributed by atoms with Gasteiger partial charge in [0.2, 0.25) is 11.8 Å². The van der Waals surface area contributed by atoms with Crippen molar-refractivity contribution in [1.82, 2.24) is 4.90 Å². The highest BCUT2D eigenvalue weighted by molar-refractivity contribution is 7.98. The maximum atomic E-state index is 12.6. The molecule has 0 saturated carbocycles. The third-order valence-electron chi connectivity index (χ3n) is 5.33. The maximum absolute atomic E-state index is 12.6. The van der Waals surface area contributed by atoms with Gasteiger partial charge in [-0.1, -0.05) is 12.1 Å². The number of amides is 2. The highest BCUT2D eigenvalue weighted by atomic mass is 32.2. The molecule has 1 aliphatic heterocycles. The smallest absolute Gasteiger partial charge is 0.241 e. The number of hydrogen-bond acceptors (Lipinski definition) is 6. The molecule has 2 aromatic rings. The summed E-state index contributed by atoms with van der Waals surface area (Å²) in [6.07, 6.45) is 1.97. The van der Waals surface area contributed by atoms with Gasteiger partial charge in [0, 0.05) is 29.4 Å². The largest absolute Gasteiger partial charge is 0.378 e. The summed E-state index contributed by atoms with van der Waals surface area (Å²) < 4.78 is 5.38. The Bertz CT molecular complexity index is 885. The summed E-state index contributed by atoms with van der Waals surface area (Å²) >= 11 is 1.58. The lowest BCUT2D eigenvalue weighted by Crippen LogP contribution is -2.43. The van der Waals surface area contributed by atoms with E-state index in [-0.39, 0.29) is 18.4 Å². The fourth-order valence-electron chi connectivity index (χ4n) is 3.33. The zero-order valence-electron chi connectivity index (χ0n) is 18.3. The first-order chi connectivity index (χ1) is 15.0. The van der Waals surface area contributed by atoms with Crippen LogP contribution in [0.15, 0.2) is 53.4 Å². The second kappa shape index (κ2) is 11.2. The number of para-hydroxylation sites is 1. The Morgan fingerprint density at radius 2 is 1.77 bits per heavy atom. The Hall–Kier alpha value is -2.55. The Kier molecular flexibility index (Phi) is 8.34. The highest BCUT2D eigenvalue weighted by Gasteiger charge is 2.21. The van der Waals surface area contributed by atoms with Gasteiger partial charge in [0.25, 0.3) is 0 Å². The maximum Gasteiger partial charge on any atom is 0.241 e. The average molecular weight is 443 g/mol. The van der Waals surface area contributed by atoms with Crippen LogP contribution in [0.4, 0.5) is 17.1 Å². The van der Waals surface area contributed by atoms with Crippen LogP contribution in [0.2, 0.25) is 0 Å². The minimum Gasteiger partial charge on any atom is -0.378 e. The molecule has 1 heterocycles. The summed E-state index contributed by atoms with van der Waals surface area (Å²) in [7, 11) is 1.77. The second-order valence-corrected chi connectivity index (χ2v) is 8.32. The lowest BCUT2D eigenvalue weighted by Gasteiger charge is -2.29. The quantitative estimate of drug-likeness (QED) is 0.612. The monoisotopic (exact) mass is 442 g/mol. The molecule has 0 aromatic heterocycles. The molecule has 7 nitrogen and oxygen atoms in total. The Morgan fingerprint density at radius 1 is 1.10 bits per heavy atom. The number of hydrogen-bond donors (Lipinski definition) is 2. The topological polar surface area (TPSA) is 73.9 Å². The van der Waals surface area contributed by atoms with E-state index in [4.69, 9.17) is 4.74 Å². The molecule has 0 spiro atoms. The summed E-state index contributed by atoms with van der Waals surface area (Å²) in [5.41, 5.74) is 2.64. The number of benzene rings is 2. The van der Waals surface area contributed by atoms with Crippen LogP contribution in [0.1, 0.15) is 6.92 Å². The molecule has 0 aliphatic carbocycles. The molecule has 2 N–H and O–H groups in total. The molecule has 0 bridgehead atoms. The van der Waals surface area contributed by atoms with Crippen molar-refractivity contribution in [2.24, 2.45) is 0 Å². The van der Waals surface area contributed by atoms with Crippen molar-refractivity contribution in [1.29, 1.82) is 0 Å². The third-order valence-corrected chi connectivity index (χ3v) is 6.12. The van der Waals surface area contributed by atoms with Crippen LogP contribution in [0, 0.1) is 0 Å². The van der Waals surface area contributed by atoms with E-state index in [9.17, 15) is 9.59 Å². The predicted octanol–water partition coefficient (Wildman–Crippen LogP) is 3.14. The number of carbonyl (C=O) groups is 2. The van der Waals surface area contributed by atoms with Crippen molar-refractivity contribution in [2.45, 2.75) is 17.9 Å². The van der Waals surface area contributed by atoms with Gasteiger partial charge in [-0.25, -0.2) is 0 Å². The first-order valence-electron chi connectivity index (χ1n) is 10.3. The van der Waals surface area contributed by atoms with Crippen LogP contribution in [0.25, 0.3) is 0 Å². The number of thioether (sulfide) groups is 1. The first-order valence-corrected chi connectivity index (χ1v) is 11.6. The van der Waals surface area contributed by atoms with Crippen LogP contribution in [0.5, 0.6) is 0 Å². The number of nitrogens with zero attached hydrogens (tertiary/aromatic N) is 2. The van der Waals surface area contributed by atoms with Crippen molar-refractivity contribution in [3.05, 3.63) is 48.5 Å². The fraction of sp³-hybridized carbons (Fsp3) is 0.391. The van der Waals surface area contributed by atoms with E-state index in [0.717, 1.165) is 48.3 Å². The molecule has 8 heteroatoms. The SMILES string of the molecule is CSc1ccccc1NC(=O)C(C)N(C)CC(=O)Nc1ccc(N2CCOCC2)cc1. The van der Waals surface area contributed by atoms with Crippen LogP contribution < -0.4 is 15.5 Å². The normalized spacial score (nSPS) is 14.9. The number of ether oxygens (including phenoxy) is 1. The van der Waals surface area contributed by atoms with Gasteiger partial charge in [0.05, 0.1) is 31.5 Å². The fourth-order valence-corrected chi connectivity index (χ4v) is 3.88. The Balaban J connectivity index is 1.50. The van der Waals surface area contributed by atoms with Crippen LogP contribution in [-0.2, 0) is 14.3 Å². The van der Waals surface area contributed by atoms with Gasteiger partial charge >= 0.3 is 0 Å². The molecule has 31 heavy (non-hydrogen) atoms. The van der Waals surface area contributed by atoms with E-state index in [1.54, 1.807) is 30.6 Å². The van der Waals surface area contributed by atoms with Crippen LogP contribution >= 0.6 is 11.8 Å². The zero-order chi connectivity index (χ0) is 22.2. The molecule has 3 rings (SSSR count). The van der Waals surface area contributed by atoms with Gasteiger partial charge in [-0.2, -0.15) is 0 Å². The highest BCUT2D eigenvalue weighted by Crippen LogP contribution is 2.25. The number of morpholine rings is 1. The summed E-state index contributed by atoms with van der Waals surface area (Å²) in [6, 6.07) is 15.0. The molecule has 1 fully saturated rings. The Labute approximate surface area is 188 Å². The summed E-state index contributed by atoms with van der Waals surface area (Å²) in [4.78, 5) is 30.1. The lowest BCUT2D eigenvalue weighted by atomic mass is 10.2. The molecule has 2 aromatic carbocycles. The molecule has 1 saturated heterocycles. The van der Waals surface area contributed by atoms with Gasteiger partial charge in [0.1, 0.15) is 0 Å². The summed E-state index contributed by atoms with van der Waals surface area (Å²) in [6.45, 7) is 5.13. The van der Waals surface area contributed by atoms with Gasteiger partial charge in [-0.05, 0) is 56.6 Å². The number of likely N-dealkylation sites (N-methyl/N-ethyl adjacent to an activating group) is 1. The minimum atomic E-state index is -0.454. The van der Waals surface area contributed by atoms with Gasteiger partial charge in [0.15, 0.2) is 0 Å². The molecular formula is C23H30N4O3S. The predicted molar refractivity (Wildman–Crippen MR) is 127 cm³/mol. The van der Waals surface area contributed by atoms with Gasteiger partial charge < -0.3 is 20.3 Å². The molecular weight excluding hydrogens is 412 g/mol. The van der Waals surface area contributed by atoms with Crippen molar-refractivity contribution < 1.29 is 14.3 Å². The molecule has 166 valence electrons. The zero-order valence-corrected chi connectivity index (χ0v) is 19.1. The van der Waals surface area contributed by atoms with E-state index in [0.29, 0.717) is 0 Å². The molecule has 1 aliphatic rings. The number of rotatable bonds is 8. The standard InChI is InChI=1S/C23H30N4O3S/c1-17(23(29)25-20-6-4-5-7-21(20)31-3)26(2)16-22(28)24-18-8-10-19(11-9-18)27-12-14-30-15-13-27/h4-11,17H,12-16H2,1-3H3,(H,24,28)(H,25,29). The summed E-state index contributed by atoms with van der Waals surface area (Å²) in [5.74, 6) is -0.308. The average Bonchev–Trinajstić information content (AvgIpc) is 2.79. The second-order valence-electron chi connectivity index (χ2n) is 7.48. The number of nitrogens with one attached hydrogen (secondary N) is 2. The minimum absolute atomic E-state index is 0.115. The van der Waals surface area contributed by atoms with Crippen LogP contribution in [-0.4, -0.2) is 68.9 Å². The van der Waals surface area contributed by atoms with E-state index in [2.05, 4.69) is 15.5 Å². The number of anilines is 3. The van der Waals surface area contributed by atoms with Crippen molar-refractivity contribution in [3.63, 3.8) is 0 Å². The molecule has 2 amide bonds. The van der Waals surface area contributed by atoms with Gasteiger partial charge in [-0.15, -0.1) is 11.8 Å². The van der Waals surface area contributed by atoms with Crippen molar-refractivity contribution in [3.8, 4) is 0 Å². The van der Waals surface area contributed by atoms with E-state index < -0.39 is 6.04 Å². The van der Waals surface area contributed by atoms with Crippen molar-refractivity contribution in [2.75, 3.05) is 61.7 Å². The van der Waals surface area contributed by atoms with E-state index >= 15 is 0 Å². The molecule has 1 unspecified atom stereocenters. The first kappa shape index (κ1) is 23.1. The molecule has 0 radical (unpaired) electrons.